The number of carbonyl (C=O) groups excluding carboxylic acids is 7. The second-order valence-corrected chi connectivity index (χ2v) is 17.6. The van der Waals surface area contributed by atoms with Gasteiger partial charge >= 0.3 is 11.9 Å². The van der Waals surface area contributed by atoms with E-state index in [0.717, 1.165) is 22.8 Å². The molecule has 0 aromatic heterocycles. The molecule has 4 rings (SSSR count). The van der Waals surface area contributed by atoms with Gasteiger partial charge in [0.2, 0.25) is 29.5 Å². The monoisotopic (exact) mass is 827 g/mol. The van der Waals surface area contributed by atoms with E-state index in [1.165, 1.54) is 6.92 Å². The Kier molecular flexibility index (Phi) is 16.0. The van der Waals surface area contributed by atoms with Crippen molar-refractivity contribution in [1.29, 1.82) is 0 Å². The molecule has 0 radical (unpaired) electrons. The van der Waals surface area contributed by atoms with Crippen LogP contribution in [0.2, 0.25) is 0 Å². The highest BCUT2D eigenvalue weighted by Crippen LogP contribution is 2.30. The van der Waals surface area contributed by atoms with Gasteiger partial charge in [-0.05, 0) is 94.7 Å². The Balaban J connectivity index is 1.48. The van der Waals surface area contributed by atoms with Gasteiger partial charge in [0, 0.05) is 19.9 Å². The SMILES string of the molecule is CC(=O)N[C@@H](Cc1ccc(C(C(=O)OC(C)(C)C)C(=O)OC(C)(C)C)cc1)C(=O)NC1(C(=O)N[C@@H](CC(N)=O)C(=O)NCCCc2cccc3ccccc23)CCCCC1. The largest absolute Gasteiger partial charge is 0.459 e. The molecule has 0 spiro atoms. The minimum absolute atomic E-state index is 0.00157. The Bertz CT molecular complexity index is 1990. The summed E-state index contributed by atoms with van der Waals surface area (Å²) in [6.07, 6.45) is 3.42. The van der Waals surface area contributed by atoms with Crippen LogP contribution in [0.5, 0.6) is 0 Å². The van der Waals surface area contributed by atoms with E-state index in [2.05, 4.69) is 27.3 Å². The number of amides is 5. The number of nitrogens with one attached hydrogen (secondary N) is 4. The zero-order valence-corrected chi connectivity index (χ0v) is 35.9. The molecule has 1 aliphatic rings. The van der Waals surface area contributed by atoms with Crippen molar-refractivity contribution in [1.82, 2.24) is 21.3 Å². The van der Waals surface area contributed by atoms with E-state index in [-0.39, 0.29) is 25.8 Å². The average molecular weight is 828 g/mol. The number of carbonyl (C=O) groups is 7. The van der Waals surface area contributed by atoms with E-state index in [1.807, 2.05) is 36.4 Å². The molecule has 0 unspecified atom stereocenters. The fraction of sp³-hybridized carbons (Fsp3) is 0.500. The molecule has 3 aromatic rings. The number of primary amides is 1. The maximum absolute atomic E-state index is 14.2. The molecule has 6 N–H and O–H groups in total. The van der Waals surface area contributed by atoms with Gasteiger partial charge in [-0.2, -0.15) is 0 Å². The predicted octanol–water partition coefficient (Wildman–Crippen LogP) is 4.58. The Hall–Kier alpha value is -5.79. The van der Waals surface area contributed by atoms with Crippen LogP contribution in [-0.4, -0.2) is 76.8 Å². The van der Waals surface area contributed by atoms with Crippen molar-refractivity contribution < 1.29 is 43.0 Å². The van der Waals surface area contributed by atoms with Crippen molar-refractivity contribution >= 4 is 52.2 Å². The zero-order chi connectivity index (χ0) is 44.3. The first-order valence-electron chi connectivity index (χ1n) is 20.6. The second kappa shape index (κ2) is 20.5. The Morgan fingerprint density at radius 3 is 1.92 bits per heavy atom. The Morgan fingerprint density at radius 2 is 1.33 bits per heavy atom. The maximum Gasteiger partial charge on any atom is 0.325 e. The second-order valence-electron chi connectivity index (χ2n) is 17.6. The van der Waals surface area contributed by atoms with Crippen LogP contribution in [0.25, 0.3) is 10.8 Å². The van der Waals surface area contributed by atoms with Gasteiger partial charge in [0.15, 0.2) is 5.92 Å². The molecule has 2 atom stereocenters. The van der Waals surface area contributed by atoms with Gasteiger partial charge in [-0.3, -0.25) is 33.6 Å². The van der Waals surface area contributed by atoms with Crippen LogP contribution in [0, 0.1) is 0 Å². The summed E-state index contributed by atoms with van der Waals surface area (Å²) in [5, 5.41) is 13.4. The molecular formula is C46H61N5O9. The summed E-state index contributed by atoms with van der Waals surface area (Å²) in [7, 11) is 0. The van der Waals surface area contributed by atoms with Crippen LogP contribution >= 0.6 is 0 Å². The molecule has 0 bridgehead atoms. The summed E-state index contributed by atoms with van der Waals surface area (Å²) in [5.41, 5.74) is 4.40. The van der Waals surface area contributed by atoms with Crippen molar-refractivity contribution in [3.05, 3.63) is 83.4 Å². The number of hydrogen-bond donors (Lipinski definition) is 5. The maximum atomic E-state index is 14.2. The summed E-state index contributed by atoms with van der Waals surface area (Å²) in [6.45, 7) is 11.7. The minimum atomic E-state index is -1.44. The molecule has 14 heteroatoms. The lowest BCUT2D eigenvalue weighted by molar-refractivity contribution is -0.169. The standard InChI is InChI=1S/C46H61N5O9/c1-29(52)49-35(27-30-20-22-33(23-21-30)38(41(56)59-44(2,3)4)42(57)60-45(5,6)7)40(55)51-46(24-11-8-12-25-46)43(58)50-36(28-37(47)53)39(54)48-26-14-18-32-17-13-16-31-15-9-10-19-34(31)32/h9-10,13,15-17,19-23,35-36,38H,8,11-12,14,18,24-28H2,1-7H3,(H2,47,53)(H,48,54)(H,49,52)(H,50,58)(H,51,55)/t35-,36-/m0/s1. The van der Waals surface area contributed by atoms with Gasteiger partial charge in [-0.1, -0.05) is 86.0 Å². The lowest BCUT2D eigenvalue weighted by Gasteiger charge is -2.38. The van der Waals surface area contributed by atoms with Gasteiger partial charge in [0.1, 0.15) is 28.8 Å². The highest BCUT2D eigenvalue weighted by atomic mass is 16.6. The van der Waals surface area contributed by atoms with Crippen molar-refractivity contribution in [3.8, 4) is 0 Å². The fourth-order valence-electron chi connectivity index (χ4n) is 7.34. The number of aryl methyl sites for hydroxylation is 1. The third-order valence-electron chi connectivity index (χ3n) is 10.1. The van der Waals surface area contributed by atoms with Crippen LogP contribution in [0.15, 0.2) is 66.7 Å². The van der Waals surface area contributed by atoms with Crippen LogP contribution < -0.4 is 27.0 Å². The van der Waals surface area contributed by atoms with E-state index in [1.54, 1.807) is 65.8 Å². The highest BCUT2D eigenvalue weighted by Gasteiger charge is 2.44. The molecular weight excluding hydrogens is 767 g/mol. The van der Waals surface area contributed by atoms with Gasteiger partial charge in [0.05, 0.1) is 6.42 Å². The highest BCUT2D eigenvalue weighted by molar-refractivity contribution is 6.01. The molecule has 1 saturated carbocycles. The number of benzene rings is 3. The molecule has 324 valence electrons. The normalized spacial score (nSPS) is 14.9. The topological polar surface area (TPSA) is 212 Å². The molecule has 5 amide bonds. The molecule has 60 heavy (non-hydrogen) atoms. The average Bonchev–Trinajstić information content (AvgIpc) is 3.15. The Morgan fingerprint density at radius 1 is 0.733 bits per heavy atom. The molecule has 1 aliphatic carbocycles. The zero-order valence-electron chi connectivity index (χ0n) is 35.9. The summed E-state index contributed by atoms with van der Waals surface area (Å²) in [4.78, 5) is 92.6. The number of hydrogen-bond acceptors (Lipinski definition) is 9. The first-order chi connectivity index (χ1) is 28.2. The van der Waals surface area contributed by atoms with E-state index in [4.69, 9.17) is 15.2 Å². The number of esters is 2. The molecule has 1 fully saturated rings. The number of rotatable bonds is 17. The molecule has 0 aliphatic heterocycles. The fourth-order valence-corrected chi connectivity index (χ4v) is 7.34. The Labute approximate surface area is 352 Å². The van der Waals surface area contributed by atoms with Crippen LogP contribution in [0.4, 0.5) is 0 Å². The molecule has 0 saturated heterocycles. The van der Waals surface area contributed by atoms with Gasteiger partial charge in [-0.25, -0.2) is 0 Å². The van der Waals surface area contributed by atoms with Crippen molar-refractivity contribution in [2.45, 2.75) is 141 Å². The number of ether oxygens (including phenoxy) is 2. The first-order valence-corrected chi connectivity index (χ1v) is 20.6. The van der Waals surface area contributed by atoms with E-state index in [9.17, 15) is 33.6 Å². The molecule has 14 nitrogen and oxygen atoms in total. The third-order valence-corrected chi connectivity index (χ3v) is 10.1. The van der Waals surface area contributed by atoms with Crippen molar-refractivity contribution in [2.24, 2.45) is 5.73 Å². The summed E-state index contributed by atoms with van der Waals surface area (Å²) >= 11 is 0. The quantitative estimate of drug-likeness (QED) is 0.0731. The third kappa shape index (κ3) is 13.9. The molecule has 0 heterocycles. The van der Waals surface area contributed by atoms with Gasteiger partial charge in [-0.15, -0.1) is 0 Å². The first kappa shape index (κ1) is 46.9. The number of nitrogens with two attached hydrogens (primary N) is 1. The van der Waals surface area contributed by atoms with Crippen molar-refractivity contribution in [2.75, 3.05) is 6.54 Å². The van der Waals surface area contributed by atoms with Gasteiger partial charge in [0.25, 0.3) is 0 Å². The summed E-state index contributed by atoms with van der Waals surface area (Å²) < 4.78 is 11.1. The molecule has 3 aromatic carbocycles. The smallest absolute Gasteiger partial charge is 0.325 e. The predicted molar refractivity (Wildman–Crippen MR) is 227 cm³/mol. The van der Waals surface area contributed by atoms with Crippen LogP contribution in [0.1, 0.15) is 116 Å². The van der Waals surface area contributed by atoms with E-state index < -0.39 is 82.6 Å². The van der Waals surface area contributed by atoms with E-state index in [0.29, 0.717) is 36.8 Å². The van der Waals surface area contributed by atoms with Crippen LogP contribution in [-0.2, 0) is 55.9 Å². The lowest BCUT2D eigenvalue weighted by atomic mass is 9.80. The van der Waals surface area contributed by atoms with Crippen LogP contribution in [0.3, 0.4) is 0 Å². The lowest BCUT2D eigenvalue weighted by Crippen LogP contribution is -2.65. The van der Waals surface area contributed by atoms with E-state index >= 15 is 0 Å². The number of fused-ring (bicyclic) bond motifs is 1. The van der Waals surface area contributed by atoms with Crippen molar-refractivity contribution in [3.63, 3.8) is 0 Å². The minimum Gasteiger partial charge on any atom is -0.459 e. The summed E-state index contributed by atoms with van der Waals surface area (Å²) in [5.74, 6) is -6.02. The summed E-state index contributed by atoms with van der Waals surface area (Å²) in [6, 6.07) is 18.1. The van der Waals surface area contributed by atoms with Gasteiger partial charge < -0.3 is 36.5 Å².